The normalized spacial score (nSPS) is 8.25. The third kappa shape index (κ3) is 11.7. The van der Waals surface area contributed by atoms with Gasteiger partial charge in [0.05, 0.1) is 6.61 Å². The van der Waals surface area contributed by atoms with Gasteiger partial charge in [-0.15, -0.1) is 13.2 Å². The van der Waals surface area contributed by atoms with Gasteiger partial charge >= 0.3 is 0 Å². The van der Waals surface area contributed by atoms with Crippen LogP contribution < -0.4 is 4.74 Å². The molecule has 0 radical (unpaired) electrons. The number of hydrogen-bond donors (Lipinski definition) is 0. The van der Waals surface area contributed by atoms with E-state index < -0.39 is 0 Å². The van der Waals surface area contributed by atoms with Crippen LogP contribution >= 0.6 is 0 Å². The molecule has 0 bridgehead atoms. The molecule has 0 heterocycles. The van der Waals surface area contributed by atoms with Crippen molar-refractivity contribution in [1.29, 1.82) is 0 Å². The van der Waals surface area contributed by atoms with Crippen molar-refractivity contribution in [3.8, 4) is 5.75 Å². The summed E-state index contributed by atoms with van der Waals surface area (Å²) in [6, 6.07) is 10.5. The van der Waals surface area contributed by atoms with Crippen molar-refractivity contribution in [2.45, 2.75) is 55.4 Å². The Hall–Kier alpha value is -1.83. The minimum Gasteiger partial charge on any atom is -0.493 e. The van der Waals surface area contributed by atoms with Crippen LogP contribution in [0.3, 0.4) is 0 Å². The summed E-state index contributed by atoms with van der Waals surface area (Å²) in [5.74, 6) is 1.07. The molecule has 2 rings (SSSR count). The van der Waals surface area contributed by atoms with E-state index in [1.54, 1.807) is 6.07 Å². The van der Waals surface area contributed by atoms with Crippen LogP contribution in [0.5, 0.6) is 5.75 Å². The molecule has 0 saturated carbocycles. The second-order valence-electron chi connectivity index (χ2n) is 4.36. The topological polar surface area (TPSA) is 9.23 Å². The fraction of sp³-hybridized carbons (Fsp3) is 0.455. The Balaban J connectivity index is -0.000000484. The minimum atomic E-state index is -0.214. The third-order valence-corrected chi connectivity index (χ3v) is 2.36. The Morgan fingerprint density at radius 1 is 0.833 bits per heavy atom. The van der Waals surface area contributed by atoms with Crippen molar-refractivity contribution in [3.63, 3.8) is 0 Å². The summed E-state index contributed by atoms with van der Waals surface area (Å²) < 4.78 is 18.6. The summed E-state index contributed by atoms with van der Waals surface area (Å²) in [4.78, 5) is 0. The molecule has 0 saturated heterocycles. The molecule has 0 atom stereocenters. The standard InChI is InChI=1S/C14H15FO.3C2H6.C2H4/c1-10(2)9-16-14-6-4-11-3-5-13(15)7-12(11)8-14;4*1-2/h3-8,10H,9H2,1-2H3;3*1-2H3;1-2H2. The van der Waals surface area contributed by atoms with E-state index in [1.165, 1.54) is 12.1 Å². The second kappa shape index (κ2) is 19.2. The summed E-state index contributed by atoms with van der Waals surface area (Å²) in [5, 5.41) is 1.90. The first-order valence-corrected chi connectivity index (χ1v) is 8.97. The molecule has 2 aromatic rings. The lowest BCUT2D eigenvalue weighted by Crippen LogP contribution is -2.04. The van der Waals surface area contributed by atoms with E-state index in [1.807, 2.05) is 59.7 Å². The van der Waals surface area contributed by atoms with E-state index in [9.17, 15) is 4.39 Å². The predicted molar refractivity (Wildman–Crippen MR) is 110 cm³/mol. The van der Waals surface area contributed by atoms with Gasteiger partial charge in [-0.1, -0.05) is 67.5 Å². The van der Waals surface area contributed by atoms with Gasteiger partial charge in [0, 0.05) is 0 Å². The van der Waals surface area contributed by atoms with Crippen LogP contribution in [-0.2, 0) is 0 Å². The summed E-state index contributed by atoms with van der Waals surface area (Å²) in [7, 11) is 0. The highest BCUT2D eigenvalue weighted by Crippen LogP contribution is 2.22. The summed E-state index contributed by atoms with van der Waals surface area (Å²) in [5.41, 5.74) is 0. The third-order valence-electron chi connectivity index (χ3n) is 2.36. The Kier molecular flexibility index (Phi) is 21.6. The number of fused-ring (bicyclic) bond motifs is 1. The molecule has 24 heavy (non-hydrogen) atoms. The number of rotatable bonds is 3. The highest BCUT2D eigenvalue weighted by Gasteiger charge is 2.00. The Morgan fingerprint density at radius 3 is 1.83 bits per heavy atom. The lowest BCUT2D eigenvalue weighted by atomic mass is 10.1. The van der Waals surface area contributed by atoms with Crippen molar-refractivity contribution in [1.82, 2.24) is 0 Å². The largest absolute Gasteiger partial charge is 0.493 e. The summed E-state index contributed by atoms with van der Waals surface area (Å²) >= 11 is 0. The first kappa shape index (κ1) is 27.0. The fourth-order valence-electron chi connectivity index (χ4n) is 1.55. The number of halogens is 1. The molecule has 2 heteroatoms. The molecule has 0 aliphatic carbocycles. The van der Waals surface area contributed by atoms with E-state index in [2.05, 4.69) is 27.0 Å². The highest BCUT2D eigenvalue weighted by molar-refractivity contribution is 5.83. The van der Waals surface area contributed by atoms with Crippen LogP contribution in [0.1, 0.15) is 55.4 Å². The molecule has 0 amide bonds. The molecule has 0 aliphatic heterocycles. The number of benzene rings is 2. The van der Waals surface area contributed by atoms with E-state index in [0.717, 1.165) is 16.5 Å². The smallest absolute Gasteiger partial charge is 0.123 e. The van der Waals surface area contributed by atoms with E-state index in [0.29, 0.717) is 12.5 Å². The van der Waals surface area contributed by atoms with Crippen molar-refractivity contribution in [3.05, 3.63) is 55.4 Å². The van der Waals surface area contributed by atoms with Crippen molar-refractivity contribution < 1.29 is 9.13 Å². The predicted octanol–water partition coefficient (Wildman–Crippen LogP) is 7.89. The van der Waals surface area contributed by atoms with Gasteiger partial charge in [-0.3, -0.25) is 0 Å². The summed E-state index contributed by atoms with van der Waals surface area (Å²) in [6.07, 6.45) is 0. The highest BCUT2D eigenvalue weighted by atomic mass is 19.1. The molecular weight excluding hydrogens is 299 g/mol. The van der Waals surface area contributed by atoms with Crippen LogP contribution in [0.25, 0.3) is 10.8 Å². The molecule has 0 unspecified atom stereocenters. The van der Waals surface area contributed by atoms with Gasteiger partial charge in [-0.05, 0) is 41.0 Å². The first-order chi connectivity index (χ1) is 11.6. The molecule has 0 aromatic heterocycles. The molecule has 0 fully saturated rings. The SMILES string of the molecule is C=C.CC.CC.CC.CC(C)COc1ccc2ccc(F)cc2c1. The van der Waals surface area contributed by atoms with Crippen LogP contribution in [0.15, 0.2) is 49.6 Å². The zero-order valence-corrected chi connectivity index (χ0v) is 16.9. The van der Waals surface area contributed by atoms with Crippen LogP contribution in [0.4, 0.5) is 4.39 Å². The van der Waals surface area contributed by atoms with Gasteiger partial charge in [0.2, 0.25) is 0 Å². The van der Waals surface area contributed by atoms with E-state index >= 15 is 0 Å². The average molecular weight is 337 g/mol. The number of ether oxygens (including phenoxy) is 1. The molecule has 0 N–H and O–H groups in total. The quantitative estimate of drug-likeness (QED) is 0.518. The zero-order chi connectivity index (χ0) is 19.5. The fourth-order valence-corrected chi connectivity index (χ4v) is 1.55. The Morgan fingerprint density at radius 2 is 1.33 bits per heavy atom. The van der Waals surface area contributed by atoms with Gasteiger partial charge < -0.3 is 4.74 Å². The molecule has 0 aliphatic rings. The first-order valence-electron chi connectivity index (χ1n) is 8.97. The number of hydrogen-bond acceptors (Lipinski definition) is 1. The minimum absolute atomic E-state index is 0.214. The maximum atomic E-state index is 13.0. The van der Waals surface area contributed by atoms with Crippen molar-refractivity contribution >= 4 is 10.8 Å². The lowest BCUT2D eigenvalue weighted by Gasteiger charge is -2.09. The summed E-state index contributed by atoms with van der Waals surface area (Å²) in [6.45, 7) is 22.9. The maximum absolute atomic E-state index is 13.0. The van der Waals surface area contributed by atoms with Crippen LogP contribution in [0.2, 0.25) is 0 Å². The van der Waals surface area contributed by atoms with Crippen LogP contribution in [0, 0.1) is 11.7 Å². The van der Waals surface area contributed by atoms with Gasteiger partial charge in [-0.2, -0.15) is 0 Å². The van der Waals surface area contributed by atoms with Crippen molar-refractivity contribution in [2.24, 2.45) is 5.92 Å². The Bertz CT molecular complexity index is 506. The average Bonchev–Trinajstić information content (AvgIpc) is 2.66. The molecule has 138 valence electrons. The van der Waals surface area contributed by atoms with E-state index in [-0.39, 0.29) is 5.82 Å². The van der Waals surface area contributed by atoms with E-state index in [4.69, 9.17) is 4.74 Å². The molecule has 0 spiro atoms. The van der Waals surface area contributed by atoms with Crippen molar-refractivity contribution in [2.75, 3.05) is 6.61 Å². The maximum Gasteiger partial charge on any atom is 0.123 e. The molecular formula is C22H37FO. The Labute approximate surface area is 149 Å². The van der Waals surface area contributed by atoms with Gasteiger partial charge in [0.1, 0.15) is 11.6 Å². The monoisotopic (exact) mass is 336 g/mol. The molecule has 2 aromatic carbocycles. The zero-order valence-electron chi connectivity index (χ0n) is 16.9. The second-order valence-corrected chi connectivity index (χ2v) is 4.36. The van der Waals surface area contributed by atoms with Gasteiger partial charge in [0.25, 0.3) is 0 Å². The van der Waals surface area contributed by atoms with Crippen LogP contribution in [-0.4, -0.2) is 6.61 Å². The molecule has 1 nitrogen and oxygen atoms in total. The van der Waals surface area contributed by atoms with Gasteiger partial charge in [-0.25, -0.2) is 4.39 Å². The van der Waals surface area contributed by atoms with Gasteiger partial charge in [0.15, 0.2) is 0 Å². The lowest BCUT2D eigenvalue weighted by molar-refractivity contribution is 0.271.